The number of aliphatic hydroxyl groups is 1. The number of Topliss-reactive ketones (excluding diaryl/α,β-unsaturated/α-hetero) is 1. The normalized spacial score (nSPS) is 24.3. The van der Waals surface area contributed by atoms with Crippen LogP contribution in [0.3, 0.4) is 0 Å². The summed E-state index contributed by atoms with van der Waals surface area (Å²) in [5.74, 6) is -2.55. The second-order valence-corrected chi connectivity index (χ2v) is 7.28. The van der Waals surface area contributed by atoms with Crippen molar-refractivity contribution in [2.45, 2.75) is 17.9 Å². The monoisotopic (exact) mass is 426 g/mol. The van der Waals surface area contributed by atoms with Gasteiger partial charge < -0.3 is 20.5 Å². The summed E-state index contributed by atoms with van der Waals surface area (Å²) in [4.78, 5) is 24.9. The number of halogens is 3. The molecule has 3 atom stereocenters. The highest BCUT2D eigenvalue weighted by Crippen LogP contribution is 2.44. The SMILES string of the molecule is C=CCOc1ccc([C@H]2NC(=O)N[C@@](O)(C(F)(F)F)[C@H]2C(=O)c2cccs2)cc1. The van der Waals surface area contributed by atoms with Crippen molar-refractivity contribution in [3.8, 4) is 5.75 Å². The highest BCUT2D eigenvalue weighted by Gasteiger charge is 2.66. The second kappa shape index (κ2) is 7.88. The third-order valence-electron chi connectivity index (χ3n) is 4.46. The van der Waals surface area contributed by atoms with Crippen LogP contribution >= 0.6 is 11.3 Å². The lowest BCUT2D eigenvalue weighted by atomic mass is 9.78. The van der Waals surface area contributed by atoms with Crippen molar-refractivity contribution in [1.29, 1.82) is 0 Å². The minimum Gasteiger partial charge on any atom is -0.490 e. The first-order chi connectivity index (χ1) is 13.7. The van der Waals surface area contributed by atoms with Gasteiger partial charge in [-0.2, -0.15) is 13.2 Å². The predicted octanol–water partition coefficient (Wildman–Crippen LogP) is 3.42. The number of hydrogen-bond acceptors (Lipinski definition) is 5. The fraction of sp³-hybridized carbons (Fsp3) is 0.263. The summed E-state index contributed by atoms with van der Waals surface area (Å²) in [5.41, 5.74) is -3.53. The maximum absolute atomic E-state index is 13.8. The minimum absolute atomic E-state index is 0.0339. The first-order valence-electron chi connectivity index (χ1n) is 8.46. The van der Waals surface area contributed by atoms with Crippen LogP contribution in [0.1, 0.15) is 21.3 Å². The number of alkyl halides is 3. The number of carbonyl (C=O) groups excluding carboxylic acids is 2. The van der Waals surface area contributed by atoms with E-state index in [1.54, 1.807) is 0 Å². The van der Waals surface area contributed by atoms with Crippen LogP contribution in [0.25, 0.3) is 0 Å². The molecule has 3 N–H and O–H groups in total. The Balaban J connectivity index is 2.05. The molecule has 0 saturated carbocycles. The lowest BCUT2D eigenvalue weighted by Crippen LogP contribution is -2.72. The standard InChI is InChI=1S/C19H17F3N2O4S/c1-2-9-28-12-7-5-11(6-8-12)15-14(16(25)13-4-3-10-29-13)18(27,19(20,21)22)24-17(26)23-15/h2-8,10,14-15,27H,1,9H2,(H2,23,24,26)/t14-,15-,18+/m1/s1. The average Bonchev–Trinajstić information content (AvgIpc) is 3.20. The van der Waals surface area contributed by atoms with Gasteiger partial charge in [0.05, 0.1) is 10.9 Å². The van der Waals surface area contributed by atoms with E-state index >= 15 is 0 Å². The summed E-state index contributed by atoms with van der Waals surface area (Å²) in [5, 5.41) is 15.8. The molecule has 0 bridgehead atoms. The van der Waals surface area contributed by atoms with Gasteiger partial charge in [0, 0.05) is 0 Å². The third kappa shape index (κ3) is 3.99. The van der Waals surface area contributed by atoms with Crippen LogP contribution < -0.4 is 15.4 Å². The van der Waals surface area contributed by atoms with E-state index in [4.69, 9.17) is 4.74 Å². The molecule has 10 heteroatoms. The Morgan fingerprint density at radius 1 is 1.31 bits per heavy atom. The minimum atomic E-state index is -5.28. The van der Waals surface area contributed by atoms with E-state index in [0.717, 1.165) is 11.3 Å². The summed E-state index contributed by atoms with van der Waals surface area (Å²) in [6, 6.07) is 6.07. The number of ether oxygens (including phenoxy) is 1. The van der Waals surface area contributed by atoms with E-state index in [0.29, 0.717) is 5.75 Å². The fourth-order valence-corrected chi connectivity index (χ4v) is 3.82. The van der Waals surface area contributed by atoms with Gasteiger partial charge in [0.1, 0.15) is 18.3 Å². The molecule has 29 heavy (non-hydrogen) atoms. The molecule has 3 rings (SSSR count). The molecule has 1 aromatic carbocycles. The average molecular weight is 426 g/mol. The molecule has 1 saturated heterocycles. The third-order valence-corrected chi connectivity index (χ3v) is 5.34. The van der Waals surface area contributed by atoms with Crippen molar-refractivity contribution in [2.75, 3.05) is 6.61 Å². The van der Waals surface area contributed by atoms with E-state index in [9.17, 15) is 27.9 Å². The molecule has 1 aliphatic heterocycles. The lowest BCUT2D eigenvalue weighted by Gasteiger charge is -2.44. The van der Waals surface area contributed by atoms with Gasteiger partial charge in [0.15, 0.2) is 5.78 Å². The molecule has 1 aromatic heterocycles. The maximum Gasteiger partial charge on any atom is 0.437 e. The molecule has 6 nitrogen and oxygen atoms in total. The van der Waals surface area contributed by atoms with Crippen LogP contribution in [0.5, 0.6) is 5.75 Å². The Hall–Kier alpha value is -2.85. The van der Waals surface area contributed by atoms with E-state index in [1.165, 1.54) is 53.2 Å². The Bertz CT molecular complexity index is 899. The van der Waals surface area contributed by atoms with Crippen molar-refractivity contribution >= 4 is 23.2 Å². The van der Waals surface area contributed by atoms with Crippen molar-refractivity contribution in [2.24, 2.45) is 5.92 Å². The Labute approximate surface area is 168 Å². The molecule has 0 unspecified atom stereocenters. The van der Waals surface area contributed by atoms with E-state index in [1.807, 2.05) is 0 Å². The highest BCUT2D eigenvalue weighted by molar-refractivity contribution is 7.12. The molecule has 2 heterocycles. The van der Waals surface area contributed by atoms with Gasteiger partial charge in [0.2, 0.25) is 5.72 Å². The van der Waals surface area contributed by atoms with Crippen LogP contribution in [-0.2, 0) is 0 Å². The fourth-order valence-electron chi connectivity index (χ4n) is 3.12. The summed E-state index contributed by atoms with van der Waals surface area (Å²) < 4.78 is 46.7. The summed E-state index contributed by atoms with van der Waals surface area (Å²) in [7, 11) is 0. The van der Waals surface area contributed by atoms with E-state index in [-0.39, 0.29) is 17.0 Å². The molecular formula is C19H17F3N2O4S. The van der Waals surface area contributed by atoms with Gasteiger partial charge >= 0.3 is 12.2 Å². The zero-order chi connectivity index (χ0) is 21.2. The zero-order valence-corrected chi connectivity index (χ0v) is 15.7. The molecule has 0 radical (unpaired) electrons. The van der Waals surface area contributed by atoms with Crippen molar-refractivity contribution in [1.82, 2.24) is 10.6 Å². The zero-order valence-electron chi connectivity index (χ0n) is 14.9. The van der Waals surface area contributed by atoms with Crippen molar-refractivity contribution in [3.63, 3.8) is 0 Å². The quantitative estimate of drug-likeness (QED) is 0.488. The number of rotatable bonds is 6. The Kier molecular flexibility index (Phi) is 5.67. The Morgan fingerprint density at radius 3 is 2.55 bits per heavy atom. The summed E-state index contributed by atoms with van der Waals surface area (Å²) >= 11 is 0.948. The molecule has 0 aliphatic carbocycles. The maximum atomic E-state index is 13.8. The van der Waals surface area contributed by atoms with Crippen LogP contribution in [0, 0.1) is 5.92 Å². The molecule has 0 spiro atoms. The first kappa shape index (κ1) is 20.9. The number of benzene rings is 1. The smallest absolute Gasteiger partial charge is 0.437 e. The molecular weight excluding hydrogens is 409 g/mol. The topological polar surface area (TPSA) is 87.7 Å². The van der Waals surface area contributed by atoms with Gasteiger partial charge in [-0.15, -0.1) is 11.3 Å². The van der Waals surface area contributed by atoms with Crippen LogP contribution in [-0.4, -0.2) is 35.4 Å². The lowest BCUT2D eigenvalue weighted by molar-refractivity contribution is -0.287. The van der Waals surface area contributed by atoms with Crippen LogP contribution in [0.2, 0.25) is 0 Å². The van der Waals surface area contributed by atoms with Crippen molar-refractivity contribution < 1.29 is 32.6 Å². The van der Waals surface area contributed by atoms with Gasteiger partial charge in [-0.3, -0.25) is 4.79 Å². The van der Waals surface area contributed by atoms with E-state index in [2.05, 4.69) is 11.9 Å². The predicted molar refractivity (Wildman–Crippen MR) is 99.7 cm³/mol. The number of thiophene rings is 1. The molecule has 154 valence electrons. The van der Waals surface area contributed by atoms with Gasteiger partial charge in [0.25, 0.3) is 0 Å². The van der Waals surface area contributed by atoms with Crippen LogP contribution in [0.15, 0.2) is 54.4 Å². The van der Waals surface area contributed by atoms with Gasteiger partial charge in [-0.25, -0.2) is 4.79 Å². The number of hydrogen-bond donors (Lipinski definition) is 3. The molecule has 1 aliphatic rings. The van der Waals surface area contributed by atoms with Gasteiger partial charge in [-0.1, -0.05) is 30.9 Å². The van der Waals surface area contributed by atoms with Crippen molar-refractivity contribution in [3.05, 3.63) is 64.9 Å². The van der Waals surface area contributed by atoms with E-state index < -0.39 is 35.7 Å². The summed E-state index contributed by atoms with van der Waals surface area (Å²) in [6.07, 6.45) is -3.76. The molecule has 1 fully saturated rings. The van der Waals surface area contributed by atoms with Crippen LogP contribution in [0.4, 0.5) is 18.0 Å². The molecule has 2 aromatic rings. The second-order valence-electron chi connectivity index (χ2n) is 6.33. The number of amides is 2. The summed E-state index contributed by atoms with van der Waals surface area (Å²) in [6.45, 7) is 3.75. The largest absolute Gasteiger partial charge is 0.490 e. The number of urea groups is 1. The van der Waals surface area contributed by atoms with Gasteiger partial charge in [-0.05, 0) is 29.1 Å². The first-order valence-corrected chi connectivity index (χ1v) is 9.34. The number of ketones is 1. The number of nitrogens with one attached hydrogen (secondary N) is 2. The number of carbonyl (C=O) groups is 2. The molecule has 2 amide bonds. The Morgan fingerprint density at radius 2 is 2.00 bits per heavy atom. The highest BCUT2D eigenvalue weighted by atomic mass is 32.1.